The monoisotopic (exact) mass is 526 g/mol. The minimum absolute atomic E-state index is 0. The van der Waals surface area contributed by atoms with Crippen LogP contribution in [0.1, 0.15) is 18.4 Å². The van der Waals surface area contributed by atoms with Crippen molar-refractivity contribution in [2.75, 3.05) is 26.3 Å². The zero-order valence-electron chi connectivity index (χ0n) is 16.7. The van der Waals surface area contributed by atoms with Crippen LogP contribution in [0.4, 0.5) is 5.69 Å². The highest BCUT2D eigenvalue weighted by Crippen LogP contribution is 2.13. The summed E-state index contributed by atoms with van der Waals surface area (Å²) in [5, 5.41) is 17.3. The van der Waals surface area contributed by atoms with Gasteiger partial charge in [-0.05, 0) is 30.5 Å². The van der Waals surface area contributed by atoms with Crippen LogP contribution >= 0.6 is 24.0 Å². The van der Waals surface area contributed by atoms with Crippen molar-refractivity contribution >= 4 is 35.6 Å². The third-order valence-electron chi connectivity index (χ3n) is 4.49. The largest absolute Gasteiger partial charge is 0.492 e. The molecule has 1 saturated heterocycles. The van der Waals surface area contributed by atoms with Crippen molar-refractivity contribution in [3.05, 3.63) is 70.3 Å². The van der Waals surface area contributed by atoms with E-state index in [2.05, 4.69) is 15.6 Å². The van der Waals surface area contributed by atoms with E-state index in [1.807, 2.05) is 30.3 Å². The normalized spacial score (nSPS) is 15.9. The quantitative estimate of drug-likeness (QED) is 0.130. The number of hydrogen-bond acceptors (Lipinski definition) is 5. The Kier molecular flexibility index (Phi) is 10.4. The lowest BCUT2D eigenvalue weighted by molar-refractivity contribution is -0.384. The molecule has 0 aliphatic carbocycles. The number of rotatable bonds is 9. The topological polar surface area (TPSA) is 98.0 Å². The molecular weight excluding hydrogens is 499 g/mol. The molecule has 0 radical (unpaired) electrons. The molecule has 2 aromatic rings. The van der Waals surface area contributed by atoms with Crippen LogP contribution in [0.2, 0.25) is 0 Å². The lowest BCUT2D eigenvalue weighted by Gasteiger charge is -2.16. The fraction of sp³-hybridized carbons (Fsp3) is 0.381. The highest BCUT2D eigenvalue weighted by molar-refractivity contribution is 14.0. The summed E-state index contributed by atoms with van der Waals surface area (Å²) in [4.78, 5) is 15.0. The maximum absolute atomic E-state index is 10.8. The molecular formula is C21H27IN4O4. The van der Waals surface area contributed by atoms with Crippen molar-refractivity contribution in [2.45, 2.75) is 25.5 Å². The number of guanidine groups is 1. The van der Waals surface area contributed by atoms with Crippen molar-refractivity contribution in [2.24, 2.45) is 4.99 Å². The Morgan fingerprint density at radius 1 is 1.17 bits per heavy atom. The van der Waals surface area contributed by atoms with Gasteiger partial charge in [0, 0.05) is 25.3 Å². The SMILES string of the molecule is I.O=[N+]([O-])c1ccc(CN=C(NCCOc2ccccc2)NCC2CCCO2)cc1. The number of halogens is 1. The second kappa shape index (κ2) is 13.0. The Morgan fingerprint density at radius 2 is 1.93 bits per heavy atom. The van der Waals surface area contributed by atoms with Gasteiger partial charge in [0.15, 0.2) is 5.96 Å². The predicted molar refractivity (Wildman–Crippen MR) is 127 cm³/mol. The van der Waals surface area contributed by atoms with Crippen molar-refractivity contribution in [1.82, 2.24) is 10.6 Å². The van der Waals surface area contributed by atoms with E-state index in [4.69, 9.17) is 9.47 Å². The predicted octanol–water partition coefficient (Wildman–Crippen LogP) is 3.51. The number of benzene rings is 2. The Labute approximate surface area is 193 Å². The minimum atomic E-state index is -0.407. The van der Waals surface area contributed by atoms with Gasteiger partial charge in [-0.25, -0.2) is 4.99 Å². The summed E-state index contributed by atoms with van der Waals surface area (Å²) in [6.45, 7) is 3.00. The van der Waals surface area contributed by atoms with Crippen LogP contribution in [0.5, 0.6) is 5.75 Å². The number of para-hydroxylation sites is 1. The van der Waals surface area contributed by atoms with Gasteiger partial charge < -0.3 is 20.1 Å². The molecule has 1 aliphatic rings. The first-order valence-corrected chi connectivity index (χ1v) is 9.75. The first kappa shape index (κ1) is 23.9. The van der Waals surface area contributed by atoms with E-state index in [-0.39, 0.29) is 35.8 Å². The van der Waals surface area contributed by atoms with Crippen LogP contribution in [0.3, 0.4) is 0 Å². The van der Waals surface area contributed by atoms with Gasteiger partial charge in [0.1, 0.15) is 12.4 Å². The average molecular weight is 526 g/mol. The van der Waals surface area contributed by atoms with E-state index in [1.54, 1.807) is 12.1 Å². The fourth-order valence-electron chi connectivity index (χ4n) is 2.94. The zero-order valence-corrected chi connectivity index (χ0v) is 19.0. The molecule has 1 unspecified atom stereocenters. The van der Waals surface area contributed by atoms with Crippen molar-refractivity contribution in [1.29, 1.82) is 0 Å². The molecule has 30 heavy (non-hydrogen) atoms. The van der Waals surface area contributed by atoms with E-state index in [9.17, 15) is 10.1 Å². The Morgan fingerprint density at radius 3 is 2.60 bits per heavy atom. The summed E-state index contributed by atoms with van der Waals surface area (Å²) in [7, 11) is 0. The number of nitrogens with zero attached hydrogens (tertiary/aromatic N) is 2. The summed E-state index contributed by atoms with van der Waals surface area (Å²) in [6.07, 6.45) is 2.32. The summed E-state index contributed by atoms with van der Waals surface area (Å²) in [6, 6.07) is 16.1. The molecule has 1 fully saturated rings. The molecule has 1 aliphatic heterocycles. The molecule has 2 aromatic carbocycles. The Hall–Kier alpha value is -2.40. The minimum Gasteiger partial charge on any atom is -0.492 e. The van der Waals surface area contributed by atoms with Gasteiger partial charge in [0.2, 0.25) is 0 Å². The highest BCUT2D eigenvalue weighted by Gasteiger charge is 2.15. The molecule has 1 heterocycles. The van der Waals surface area contributed by atoms with Gasteiger partial charge in [-0.1, -0.05) is 30.3 Å². The summed E-state index contributed by atoms with van der Waals surface area (Å²) >= 11 is 0. The molecule has 9 heteroatoms. The Balaban J connectivity index is 0.00000320. The van der Waals surface area contributed by atoms with E-state index < -0.39 is 4.92 Å². The van der Waals surface area contributed by atoms with Crippen LogP contribution in [0.25, 0.3) is 0 Å². The summed E-state index contributed by atoms with van der Waals surface area (Å²) in [5.41, 5.74) is 0.972. The first-order valence-electron chi connectivity index (χ1n) is 9.75. The second-order valence-corrected chi connectivity index (χ2v) is 6.69. The number of ether oxygens (including phenoxy) is 2. The molecule has 0 aromatic heterocycles. The molecule has 2 N–H and O–H groups in total. The molecule has 0 saturated carbocycles. The first-order chi connectivity index (χ1) is 14.2. The lowest BCUT2D eigenvalue weighted by atomic mass is 10.2. The van der Waals surface area contributed by atoms with Crippen molar-refractivity contribution in [3.63, 3.8) is 0 Å². The van der Waals surface area contributed by atoms with Crippen molar-refractivity contribution in [3.8, 4) is 5.75 Å². The molecule has 0 bridgehead atoms. The van der Waals surface area contributed by atoms with Crippen LogP contribution in [0, 0.1) is 10.1 Å². The van der Waals surface area contributed by atoms with Crippen LogP contribution in [-0.4, -0.2) is 43.3 Å². The van der Waals surface area contributed by atoms with Crippen molar-refractivity contribution < 1.29 is 14.4 Å². The maximum Gasteiger partial charge on any atom is 0.269 e. The van der Waals surface area contributed by atoms with Crippen LogP contribution in [0.15, 0.2) is 59.6 Å². The average Bonchev–Trinajstić information content (AvgIpc) is 3.27. The number of nitrogens with one attached hydrogen (secondary N) is 2. The molecule has 3 rings (SSSR count). The third kappa shape index (κ3) is 8.15. The maximum atomic E-state index is 10.8. The summed E-state index contributed by atoms with van der Waals surface area (Å²) in [5.74, 6) is 1.49. The zero-order chi connectivity index (χ0) is 20.3. The van der Waals surface area contributed by atoms with Gasteiger partial charge in [0.05, 0.1) is 24.1 Å². The standard InChI is InChI=1S/C21H26N4O4.HI/c26-25(27)18-10-8-17(9-11-18)15-23-21(24-16-20-7-4-13-28-20)22-12-14-29-19-5-2-1-3-6-19;/h1-3,5-6,8-11,20H,4,7,12-16H2,(H2,22,23,24);1H. The van der Waals surface area contributed by atoms with E-state index in [0.29, 0.717) is 32.2 Å². The lowest BCUT2D eigenvalue weighted by Crippen LogP contribution is -2.42. The van der Waals surface area contributed by atoms with E-state index in [0.717, 1.165) is 30.8 Å². The highest BCUT2D eigenvalue weighted by atomic mass is 127. The fourth-order valence-corrected chi connectivity index (χ4v) is 2.94. The number of hydrogen-bond donors (Lipinski definition) is 2. The van der Waals surface area contributed by atoms with Gasteiger partial charge >= 0.3 is 0 Å². The smallest absolute Gasteiger partial charge is 0.269 e. The van der Waals surface area contributed by atoms with Crippen LogP contribution in [-0.2, 0) is 11.3 Å². The van der Waals surface area contributed by atoms with Gasteiger partial charge in [0.25, 0.3) is 5.69 Å². The number of non-ortho nitro benzene ring substituents is 1. The molecule has 0 amide bonds. The summed E-state index contributed by atoms with van der Waals surface area (Å²) < 4.78 is 11.4. The molecule has 8 nitrogen and oxygen atoms in total. The van der Waals surface area contributed by atoms with Gasteiger partial charge in [-0.15, -0.1) is 24.0 Å². The molecule has 1 atom stereocenters. The van der Waals surface area contributed by atoms with Crippen LogP contribution < -0.4 is 15.4 Å². The third-order valence-corrected chi connectivity index (χ3v) is 4.49. The number of aliphatic imine (C=N–C) groups is 1. The second-order valence-electron chi connectivity index (χ2n) is 6.69. The molecule has 162 valence electrons. The van der Waals surface area contributed by atoms with E-state index >= 15 is 0 Å². The number of nitro benzene ring substituents is 1. The number of nitro groups is 1. The Bertz CT molecular complexity index is 796. The van der Waals surface area contributed by atoms with Gasteiger partial charge in [-0.3, -0.25) is 10.1 Å². The van der Waals surface area contributed by atoms with E-state index in [1.165, 1.54) is 12.1 Å². The van der Waals surface area contributed by atoms with Gasteiger partial charge in [-0.2, -0.15) is 0 Å². The molecule has 0 spiro atoms.